The molecule has 2 amide bonds. The largest absolute Gasteiger partial charge is 0.487 e. The first-order valence-corrected chi connectivity index (χ1v) is 9.34. The van der Waals surface area contributed by atoms with E-state index in [-0.39, 0.29) is 24.3 Å². The van der Waals surface area contributed by atoms with E-state index in [9.17, 15) is 9.59 Å². The van der Waals surface area contributed by atoms with Crippen molar-refractivity contribution < 1.29 is 19.1 Å². The van der Waals surface area contributed by atoms with Crippen LogP contribution in [0.2, 0.25) is 0 Å². The van der Waals surface area contributed by atoms with Crippen molar-refractivity contribution in [2.24, 2.45) is 0 Å². The second-order valence-corrected chi connectivity index (χ2v) is 6.67. The summed E-state index contributed by atoms with van der Waals surface area (Å²) < 4.78 is 10.9. The van der Waals surface area contributed by atoms with Gasteiger partial charge in [-0.15, -0.1) is 0 Å². The Morgan fingerprint density at radius 1 is 1.21 bits per heavy atom. The van der Waals surface area contributed by atoms with E-state index in [1.165, 1.54) is 0 Å². The number of hydrogen-bond acceptors (Lipinski definition) is 5. The van der Waals surface area contributed by atoms with E-state index in [2.05, 4.69) is 10.3 Å². The lowest BCUT2D eigenvalue weighted by molar-refractivity contribution is -0.138. The molecule has 3 rings (SSSR count). The van der Waals surface area contributed by atoms with Crippen LogP contribution in [0.25, 0.3) is 0 Å². The number of ether oxygens (including phenoxy) is 2. The molecule has 0 radical (unpaired) electrons. The average molecular weight is 383 g/mol. The Balaban J connectivity index is 1.69. The van der Waals surface area contributed by atoms with Crippen molar-refractivity contribution in [2.45, 2.75) is 25.0 Å². The Labute approximate surface area is 164 Å². The number of amides is 2. The van der Waals surface area contributed by atoms with Gasteiger partial charge in [0, 0.05) is 26.3 Å². The minimum atomic E-state index is -0.560. The summed E-state index contributed by atoms with van der Waals surface area (Å²) in [6.45, 7) is 1.19. The van der Waals surface area contributed by atoms with Gasteiger partial charge in [0.2, 0.25) is 11.8 Å². The maximum absolute atomic E-state index is 12.9. The fourth-order valence-electron chi connectivity index (χ4n) is 3.28. The molecule has 0 aliphatic carbocycles. The number of rotatable bonds is 8. The summed E-state index contributed by atoms with van der Waals surface area (Å²) in [5, 5.41) is 2.83. The van der Waals surface area contributed by atoms with E-state index in [0.29, 0.717) is 31.9 Å². The molecule has 0 spiro atoms. The van der Waals surface area contributed by atoms with Crippen LogP contribution in [0.3, 0.4) is 0 Å². The highest BCUT2D eigenvalue weighted by molar-refractivity contribution is 5.89. The van der Waals surface area contributed by atoms with E-state index >= 15 is 0 Å². The number of nitrogens with one attached hydrogen (secondary N) is 1. The highest BCUT2D eigenvalue weighted by Crippen LogP contribution is 2.24. The van der Waals surface area contributed by atoms with Crippen molar-refractivity contribution >= 4 is 11.8 Å². The van der Waals surface area contributed by atoms with Crippen molar-refractivity contribution in [1.29, 1.82) is 0 Å². The molecule has 7 heteroatoms. The van der Waals surface area contributed by atoms with E-state index in [0.717, 1.165) is 5.56 Å². The average Bonchev–Trinajstić information content (AvgIpc) is 3.14. The molecule has 1 N–H and O–H groups in total. The van der Waals surface area contributed by atoms with Crippen LogP contribution in [-0.4, -0.2) is 60.7 Å². The third kappa shape index (κ3) is 5.29. The summed E-state index contributed by atoms with van der Waals surface area (Å²) in [7, 11) is 1.58. The number of methoxy groups -OCH3 is 1. The minimum absolute atomic E-state index is 0.0876. The molecule has 1 saturated heterocycles. The van der Waals surface area contributed by atoms with Gasteiger partial charge in [-0.05, 0) is 17.7 Å². The van der Waals surface area contributed by atoms with Gasteiger partial charge in [0.25, 0.3) is 0 Å². The second kappa shape index (κ2) is 9.85. The van der Waals surface area contributed by atoms with Crippen molar-refractivity contribution in [3.05, 3.63) is 60.4 Å². The molecular weight excluding hydrogens is 358 g/mol. The monoisotopic (exact) mass is 383 g/mol. The number of aromatic nitrogens is 1. The molecule has 1 fully saturated rings. The first-order valence-electron chi connectivity index (χ1n) is 9.34. The van der Waals surface area contributed by atoms with E-state index in [4.69, 9.17) is 9.47 Å². The minimum Gasteiger partial charge on any atom is -0.487 e. The number of likely N-dealkylation sites (tertiary alicyclic amines) is 1. The number of benzene rings is 1. The Bertz CT molecular complexity index is 770. The molecule has 2 atom stereocenters. The number of pyridine rings is 1. The van der Waals surface area contributed by atoms with Crippen molar-refractivity contribution in [2.75, 3.05) is 26.8 Å². The number of carbonyl (C=O) groups excluding carboxylic acids is 2. The van der Waals surface area contributed by atoms with Crippen LogP contribution < -0.4 is 10.1 Å². The van der Waals surface area contributed by atoms with Crippen molar-refractivity contribution in [1.82, 2.24) is 15.2 Å². The predicted octanol–water partition coefficient (Wildman–Crippen LogP) is 1.44. The lowest BCUT2D eigenvalue weighted by atomic mass is 10.1. The summed E-state index contributed by atoms with van der Waals surface area (Å²) in [5.41, 5.74) is 0.919. The highest BCUT2D eigenvalue weighted by Gasteiger charge is 2.40. The second-order valence-electron chi connectivity index (χ2n) is 6.67. The maximum Gasteiger partial charge on any atom is 0.243 e. The molecule has 1 aromatic carbocycles. The van der Waals surface area contributed by atoms with Gasteiger partial charge in [-0.2, -0.15) is 0 Å². The van der Waals surface area contributed by atoms with E-state index in [1.54, 1.807) is 30.5 Å². The van der Waals surface area contributed by atoms with Gasteiger partial charge in [-0.25, -0.2) is 0 Å². The summed E-state index contributed by atoms with van der Waals surface area (Å²) in [6, 6.07) is 12.6. The first kappa shape index (κ1) is 19.8. The molecule has 0 bridgehead atoms. The lowest BCUT2D eigenvalue weighted by Crippen LogP contribution is -2.47. The van der Waals surface area contributed by atoms with Gasteiger partial charge in [-0.3, -0.25) is 14.6 Å². The number of hydrogen-bond donors (Lipinski definition) is 1. The smallest absolute Gasteiger partial charge is 0.243 e. The van der Waals surface area contributed by atoms with Crippen molar-refractivity contribution in [3.8, 4) is 5.75 Å². The van der Waals surface area contributed by atoms with E-state index in [1.807, 2.05) is 36.4 Å². The summed E-state index contributed by atoms with van der Waals surface area (Å²) in [4.78, 5) is 31.2. The molecule has 0 saturated carbocycles. The SMILES string of the molecule is COCCNC(=O)[C@@H]1C[C@H](Oc2cccnc2)CN1C(=O)Cc1ccccc1. The molecule has 0 unspecified atom stereocenters. The van der Waals surface area contributed by atoms with Crippen LogP contribution in [0.15, 0.2) is 54.9 Å². The third-order valence-corrected chi connectivity index (χ3v) is 4.63. The van der Waals surface area contributed by atoms with Crippen LogP contribution in [-0.2, 0) is 20.7 Å². The Kier molecular flexibility index (Phi) is 6.97. The zero-order valence-electron chi connectivity index (χ0n) is 15.9. The normalized spacial score (nSPS) is 18.7. The van der Waals surface area contributed by atoms with Crippen LogP contribution >= 0.6 is 0 Å². The summed E-state index contributed by atoms with van der Waals surface area (Å²) >= 11 is 0. The Hall–Kier alpha value is -2.93. The lowest BCUT2D eigenvalue weighted by Gasteiger charge is -2.23. The van der Waals surface area contributed by atoms with Gasteiger partial charge in [0.05, 0.1) is 25.8 Å². The zero-order valence-corrected chi connectivity index (χ0v) is 15.9. The molecule has 148 valence electrons. The topological polar surface area (TPSA) is 80.8 Å². The first-order chi connectivity index (χ1) is 13.7. The molecule has 28 heavy (non-hydrogen) atoms. The van der Waals surface area contributed by atoms with Gasteiger partial charge in [0.15, 0.2) is 0 Å². The van der Waals surface area contributed by atoms with Gasteiger partial charge < -0.3 is 19.7 Å². The van der Waals surface area contributed by atoms with Gasteiger partial charge >= 0.3 is 0 Å². The zero-order chi connectivity index (χ0) is 19.8. The molecule has 7 nitrogen and oxygen atoms in total. The molecular formula is C21H25N3O4. The van der Waals surface area contributed by atoms with Crippen LogP contribution in [0, 0.1) is 0 Å². The van der Waals surface area contributed by atoms with Crippen LogP contribution in [0.5, 0.6) is 5.75 Å². The molecule has 2 aromatic rings. The molecule has 2 heterocycles. The van der Waals surface area contributed by atoms with Crippen LogP contribution in [0.1, 0.15) is 12.0 Å². The number of carbonyl (C=O) groups is 2. The fraction of sp³-hybridized carbons (Fsp3) is 0.381. The molecule has 1 aliphatic rings. The number of nitrogens with zero attached hydrogens (tertiary/aromatic N) is 2. The standard InChI is InChI=1S/C21H25N3O4/c1-27-11-10-23-21(26)19-13-18(28-17-8-5-9-22-14-17)15-24(19)20(25)12-16-6-3-2-4-7-16/h2-9,14,18-19H,10-13,15H2,1H3,(H,23,26)/t18-,19-/m0/s1. The quantitative estimate of drug-likeness (QED) is 0.698. The predicted molar refractivity (Wildman–Crippen MR) is 104 cm³/mol. The van der Waals surface area contributed by atoms with Crippen LogP contribution in [0.4, 0.5) is 0 Å². The molecule has 1 aliphatic heterocycles. The molecule has 1 aromatic heterocycles. The summed E-state index contributed by atoms with van der Waals surface area (Å²) in [6.07, 6.45) is 3.73. The van der Waals surface area contributed by atoms with E-state index < -0.39 is 6.04 Å². The van der Waals surface area contributed by atoms with Crippen molar-refractivity contribution in [3.63, 3.8) is 0 Å². The Morgan fingerprint density at radius 2 is 2.04 bits per heavy atom. The maximum atomic E-state index is 12.9. The Morgan fingerprint density at radius 3 is 2.75 bits per heavy atom. The fourth-order valence-corrected chi connectivity index (χ4v) is 3.28. The highest BCUT2D eigenvalue weighted by atomic mass is 16.5. The van der Waals surface area contributed by atoms with Gasteiger partial charge in [-0.1, -0.05) is 30.3 Å². The third-order valence-electron chi connectivity index (χ3n) is 4.63. The summed E-state index contributed by atoms with van der Waals surface area (Å²) in [5.74, 6) is 0.356. The van der Waals surface area contributed by atoms with Gasteiger partial charge in [0.1, 0.15) is 17.9 Å².